The van der Waals surface area contributed by atoms with Crippen LogP contribution in [0.2, 0.25) is 5.02 Å². The average molecular weight is 516 g/mol. The lowest BCUT2D eigenvalue weighted by Crippen LogP contribution is -2.53. The number of carbonyl (C=O) groups excluding carboxylic acids is 1. The first-order valence-corrected chi connectivity index (χ1v) is 15.1. The third kappa shape index (κ3) is 4.55. The van der Waals surface area contributed by atoms with Gasteiger partial charge in [0.15, 0.2) is 9.84 Å². The highest BCUT2D eigenvalue weighted by molar-refractivity contribution is 7.92. The Morgan fingerprint density at radius 3 is 2.49 bits per heavy atom. The highest BCUT2D eigenvalue weighted by Gasteiger charge is 2.61. The summed E-state index contributed by atoms with van der Waals surface area (Å²) in [6.07, 6.45) is 7.57. The number of rotatable bonds is 9. The van der Waals surface area contributed by atoms with Crippen LogP contribution in [-0.2, 0) is 32.2 Å². The molecule has 1 saturated heterocycles. The molecule has 3 unspecified atom stereocenters. The van der Waals surface area contributed by atoms with Crippen LogP contribution in [0.3, 0.4) is 0 Å². The molecule has 190 valence electrons. The van der Waals surface area contributed by atoms with E-state index < -0.39 is 14.6 Å². The zero-order valence-electron chi connectivity index (χ0n) is 21.2. The van der Waals surface area contributed by atoms with Crippen LogP contribution in [-0.4, -0.2) is 31.8 Å². The molecule has 2 aromatic carbocycles. The van der Waals surface area contributed by atoms with E-state index in [1.54, 1.807) is 24.3 Å². The Morgan fingerprint density at radius 1 is 1.09 bits per heavy atom. The first-order chi connectivity index (χ1) is 16.8. The number of nitrogens with zero attached hydrogens (tertiary/aromatic N) is 1. The molecule has 4 nitrogen and oxygen atoms in total. The number of hydrogen-bond acceptors (Lipinski definition) is 3. The number of aryl methyl sites for hydroxylation is 2. The fourth-order valence-electron chi connectivity index (χ4n) is 6.31. The van der Waals surface area contributed by atoms with Crippen LogP contribution in [0.1, 0.15) is 82.4 Å². The van der Waals surface area contributed by atoms with Gasteiger partial charge < -0.3 is 4.90 Å². The fourth-order valence-corrected chi connectivity index (χ4v) is 8.81. The molecule has 0 saturated carbocycles. The number of halogens is 1. The van der Waals surface area contributed by atoms with Crippen molar-refractivity contribution in [2.75, 3.05) is 6.54 Å². The van der Waals surface area contributed by atoms with E-state index in [0.717, 1.165) is 56.1 Å². The van der Waals surface area contributed by atoms with Gasteiger partial charge >= 0.3 is 0 Å². The molecule has 1 fully saturated rings. The van der Waals surface area contributed by atoms with E-state index in [9.17, 15) is 13.2 Å². The SMILES string of the molecule is CCCCC(CCC)C(=O)N1CCC2(S(=O)(=O)c3ccc(Cl)cc3)c3ccc(CC)cc3CCC12. The smallest absolute Gasteiger partial charge is 0.225 e. The van der Waals surface area contributed by atoms with Crippen LogP contribution in [0.4, 0.5) is 0 Å². The number of carbonyl (C=O) groups is 1. The molecule has 2 aromatic rings. The van der Waals surface area contributed by atoms with Crippen LogP contribution in [0.25, 0.3) is 0 Å². The van der Waals surface area contributed by atoms with Gasteiger partial charge in [-0.25, -0.2) is 8.42 Å². The summed E-state index contributed by atoms with van der Waals surface area (Å²) < 4.78 is 27.8. The Morgan fingerprint density at radius 2 is 1.83 bits per heavy atom. The predicted octanol–water partition coefficient (Wildman–Crippen LogP) is 6.73. The first-order valence-electron chi connectivity index (χ1n) is 13.2. The Hall–Kier alpha value is -1.85. The van der Waals surface area contributed by atoms with E-state index >= 15 is 0 Å². The van der Waals surface area contributed by atoms with E-state index in [0.29, 0.717) is 24.4 Å². The molecule has 1 aliphatic carbocycles. The van der Waals surface area contributed by atoms with Crippen LogP contribution >= 0.6 is 11.6 Å². The summed E-state index contributed by atoms with van der Waals surface area (Å²) in [5.41, 5.74) is 3.22. The van der Waals surface area contributed by atoms with Crippen molar-refractivity contribution in [2.24, 2.45) is 5.92 Å². The van der Waals surface area contributed by atoms with E-state index in [2.05, 4.69) is 32.9 Å². The van der Waals surface area contributed by atoms with E-state index in [1.807, 2.05) is 11.0 Å². The molecule has 1 heterocycles. The van der Waals surface area contributed by atoms with E-state index in [-0.39, 0.29) is 22.8 Å². The van der Waals surface area contributed by atoms with Gasteiger partial charge in [-0.05, 0) is 79.5 Å². The van der Waals surface area contributed by atoms with Gasteiger partial charge in [0.05, 0.1) is 10.9 Å². The highest BCUT2D eigenvalue weighted by Crippen LogP contribution is 2.53. The maximum absolute atomic E-state index is 14.5. The van der Waals surface area contributed by atoms with Gasteiger partial charge in [-0.15, -0.1) is 0 Å². The number of hydrogen-bond donors (Lipinski definition) is 0. The first kappa shape index (κ1) is 26.2. The highest BCUT2D eigenvalue weighted by atomic mass is 35.5. The monoisotopic (exact) mass is 515 g/mol. The van der Waals surface area contributed by atoms with Gasteiger partial charge in [-0.3, -0.25) is 4.79 Å². The largest absolute Gasteiger partial charge is 0.337 e. The molecule has 35 heavy (non-hydrogen) atoms. The Kier molecular flexibility index (Phi) is 7.97. The van der Waals surface area contributed by atoms with Crippen LogP contribution < -0.4 is 0 Å². The zero-order chi connectivity index (χ0) is 25.2. The molecule has 0 aromatic heterocycles. The Labute approximate surface area is 216 Å². The molecule has 6 heteroatoms. The summed E-state index contributed by atoms with van der Waals surface area (Å²) in [6, 6.07) is 12.4. The van der Waals surface area contributed by atoms with Gasteiger partial charge in [0.2, 0.25) is 5.91 Å². The number of fused-ring (bicyclic) bond motifs is 3. The lowest BCUT2D eigenvalue weighted by molar-refractivity contribution is -0.137. The second-order valence-electron chi connectivity index (χ2n) is 10.2. The minimum Gasteiger partial charge on any atom is -0.337 e. The van der Waals surface area contributed by atoms with Crippen molar-refractivity contribution in [3.05, 3.63) is 64.2 Å². The summed E-state index contributed by atoms with van der Waals surface area (Å²) in [4.78, 5) is 16.1. The number of sulfone groups is 1. The van der Waals surface area contributed by atoms with Crippen molar-refractivity contribution in [1.82, 2.24) is 4.90 Å². The Balaban J connectivity index is 1.83. The second-order valence-corrected chi connectivity index (χ2v) is 12.8. The van der Waals surface area contributed by atoms with Gasteiger partial charge in [-0.2, -0.15) is 0 Å². The molecule has 0 radical (unpaired) electrons. The van der Waals surface area contributed by atoms with Crippen molar-refractivity contribution >= 4 is 27.3 Å². The van der Waals surface area contributed by atoms with E-state index in [4.69, 9.17) is 11.6 Å². The average Bonchev–Trinajstić information content (AvgIpc) is 3.27. The lowest BCUT2D eigenvalue weighted by atomic mass is 9.77. The summed E-state index contributed by atoms with van der Waals surface area (Å²) in [6.45, 7) is 6.87. The molecule has 1 amide bonds. The third-order valence-electron chi connectivity index (χ3n) is 8.14. The molecule has 1 aliphatic heterocycles. The zero-order valence-corrected chi connectivity index (χ0v) is 22.8. The molecular formula is C29H38ClNO3S. The minimum absolute atomic E-state index is 0.0298. The van der Waals surface area contributed by atoms with Gasteiger partial charge in [0.25, 0.3) is 0 Å². The van der Waals surface area contributed by atoms with Crippen LogP contribution in [0.15, 0.2) is 47.4 Å². The molecule has 4 rings (SSSR count). The van der Waals surface area contributed by atoms with Gasteiger partial charge in [0, 0.05) is 17.5 Å². The molecule has 0 spiro atoms. The Bertz CT molecular complexity index is 1160. The van der Waals surface area contributed by atoms with Crippen molar-refractivity contribution in [1.29, 1.82) is 0 Å². The number of amides is 1. The topological polar surface area (TPSA) is 54.5 Å². The molecule has 3 atom stereocenters. The summed E-state index contributed by atoms with van der Waals surface area (Å²) in [7, 11) is -3.78. The van der Waals surface area contributed by atoms with Gasteiger partial charge in [-0.1, -0.05) is 69.8 Å². The number of benzene rings is 2. The maximum atomic E-state index is 14.5. The standard InChI is InChI=1S/C29H38ClNO3S/c1-4-7-9-22(8-5-2)28(32)31-19-18-29(35(33,34)25-14-12-24(30)13-15-25)26-16-10-21(6-3)20-23(26)11-17-27(29)31/h10,12-16,20,22,27H,4-9,11,17-19H2,1-3H3. The van der Waals surface area contributed by atoms with E-state index in [1.165, 1.54) is 5.56 Å². The second kappa shape index (κ2) is 10.6. The normalized spacial score (nSPS) is 22.5. The van der Waals surface area contributed by atoms with Crippen LogP contribution in [0, 0.1) is 5.92 Å². The fraction of sp³-hybridized carbons (Fsp3) is 0.552. The van der Waals surface area contributed by atoms with Gasteiger partial charge in [0.1, 0.15) is 4.75 Å². The minimum atomic E-state index is -3.78. The summed E-state index contributed by atoms with van der Waals surface area (Å²) in [5, 5.41) is 0.510. The maximum Gasteiger partial charge on any atom is 0.225 e. The van der Waals surface area contributed by atoms with Crippen molar-refractivity contribution in [3.8, 4) is 0 Å². The number of likely N-dealkylation sites (tertiary alicyclic amines) is 1. The molecule has 2 aliphatic rings. The van der Waals surface area contributed by atoms with Crippen LogP contribution in [0.5, 0.6) is 0 Å². The molecular weight excluding hydrogens is 478 g/mol. The van der Waals surface area contributed by atoms with Crippen molar-refractivity contribution in [2.45, 2.75) is 94.2 Å². The molecule has 0 N–H and O–H groups in total. The van der Waals surface area contributed by atoms with Crippen molar-refractivity contribution in [3.63, 3.8) is 0 Å². The number of unbranched alkanes of at least 4 members (excludes halogenated alkanes) is 1. The van der Waals surface area contributed by atoms with Crippen molar-refractivity contribution < 1.29 is 13.2 Å². The molecule has 0 bridgehead atoms. The summed E-state index contributed by atoms with van der Waals surface area (Å²) in [5.74, 6) is 0.116. The summed E-state index contributed by atoms with van der Waals surface area (Å²) >= 11 is 6.09. The predicted molar refractivity (Wildman–Crippen MR) is 142 cm³/mol. The quantitative estimate of drug-likeness (QED) is 0.372. The lowest BCUT2D eigenvalue weighted by Gasteiger charge is -2.43. The third-order valence-corrected chi connectivity index (χ3v) is 10.9.